The van der Waals surface area contributed by atoms with Gasteiger partial charge in [0.05, 0.1) is 23.8 Å². The van der Waals surface area contributed by atoms with Crippen LogP contribution in [-0.4, -0.2) is 54.7 Å². The van der Waals surface area contributed by atoms with E-state index in [2.05, 4.69) is 10.2 Å². The molecule has 1 aliphatic rings. The van der Waals surface area contributed by atoms with Gasteiger partial charge >= 0.3 is 0 Å². The summed E-state index contributed by atoms with van der Waals surface area (Å²) in [7, 11) is 0. The Morgan fingerprint density at radius 2 is 2.08 bits per heavy atom. The lowest BCUT2D eigenvalue weighted by atomic mass is 10.1. The molecule has 0 aliphatic carbocycles. The number of fused-ring (bicyclic) bond motifs is 1. The zero-order valence-electron chi connectivity index (χ0n) is 14.8. The highest BCUT2D eigenvalue weighted by Crippen LogP contribution is 2.25. The van der Waals surface area contributed by atoms with E-state index in [9.17, 15) is 4.79 Å². The van der Waals surface area contributed by atoms with E-state index in [-0.39, 0.29) is 12.0 Å². The number of benzene rings is 1. The molecule has 1 saturated heterocycles. The molecule has 1 amide bonds. The van der Waals surface area contributed by atoms with Crippen LogP contribution >= 0.6 is 11.8 Å². The first-order chi connectivity index (χ1) is 12.1. The molecule has 1 N–H and O–H groups in total. The monoisotopic (exact) mass is 359 g/mol. The molecule has 1 aromatic heterocycles. The van der Waals surface area contributed by atoms with Crippen molar-refractivity contribution in [2.75, 3.05) is 42.6 Å². The minimum absolute atomic E-state index is 0.0707. The van der Waals surface area contributed by atoms with Gasteiger partial charge in [-0.3, -0.25) is 4.79 Å². The van der Waals surface area contributed by atoms with Crippen LogP contribution in [0.25, 0.3) is 10.9 Å². The molecule has 1 aromatic carbocycles. The molecule has 0 spiro atoms. The highest BCUT2D eigenvalue weighted by atomic mass is 32.2. The Hall–Kier alpha value is -1.79. The summed E-state index contributed by atoms with van der Waals surface area (Å²) in [5, 5.41) is 3.85. The Kier molecular flexibility index (Phi) is 6.15. The average Bonchev–Trinajstić information content (AvgIpc) is 2.64. The van der Waals surface area contributed by atoms with Crippen molar-refractivity contribution < 1.29 is 9.53 Å². The molecule has 3 rings (SSSR count). The van der Waals surface area contributed by atoms with E-state index >= 15 is 0 Å². The number of aromatic nitrogens is 1. The fraction of sp³-hybridized carbons (Fsp3) is 0.474. The maximum absolute atomic E-state index is 12.7. The van der Waals surface area contributed by atoms with E-state index in [4.69, 9.17) is 9.72 Å². The van der Waals surface area contributed by atoms with E-state index in [1.165, 1.54) is 0 Å². The molecule has 1 fully saturated rings. The first kappa shape index (κ1) is 18.0. The van der Waals surface area contributed by atoms with Crippen LogP contribution in [0, 0.1) is 0 Å². The van der Waals surface area contributed by atoms with Crippen molar-refractivity contribution in [2.24, 2.45) is 0 Å². The van der Waals surface area contributed by atoms with Crippen molar-refractivity contribution in [3.63, 3.8) is 0 Å². The van der Waals surface area contributed by atoms with Crippen LogP contribution in [0.3, 0.4) is 0 Å². The largest absolute Gasteiger partial charge is 0.377 e. The number of para-hydroxylation sites is 1. The minimum atomic E-state index is -0.0707. The van der Waals surface area contributed by atoms with Crippen LogP contribution in [-0.2, 0) is 4.74 Å². The van der Waals surface area contributed by atoms with E-state index < -0.39 is 0 Å². The topological polar surface area (TPSA) is 54.5 Å². The second-order valence-electron chi connectivity index (χ2n) is 6.32. The Morgan fingerprint density at radius 3 is 2.84 bits per heavy atom. The molecule has 5 nitrogen and oxygen atoms in total. The smallest absolute Gasteiger partial charge is 0.252 e. The van der Waals surface area contributed by atoms with Gasteiger partial charge in [-0.15, -0.1) is 0 Å². The van der Waals surface area contributed by atoms with Gasteiger partial charge in [0.25, 0.3) is 5.91 Å². The lowest BCUT2D eigenvalue weighted by Gasteiger charge is -2.28. The second kappa shape index (κ2) is 8.54. The van der Waals surface area contributed by atoms with Crippen molar-refractivity contribution in [2.45, 2.75) is 20.0 Å². The molecular weight excluding hydrogens is 334 g/mol. The summed E-state index contributed by atoms with van der Waals surface area (Å²) in [6.07, 6.45) is 0.169. The maximum Gasteiger partial charge on any atom is 0.252 e. The molecule has 1 aliphatic heterocycles. The van der Waals surface area contributed by atoms with Gasteiger partial charge in [-0.05, 0) is 26.0 Å². The summed E-state index contributed by atoms with van der Waals surface area (Å²) in [5.74, 6) is 3.02. The van der Waals surface area contributed by atoms with Crippen molar-refractivity contribution in [1.29, 1.82) is 0 Å². The third kappa shape index (κ3) is 4.64. The van der Waals surface area contributed by atoms with Crippen LogP contribution < -0.4 is 10.2 Å². The molecule has 0 radical (unpaired) electrons. The number of ether oxygens (including phenoxy) is 1. The minimum Gasteiger partial charge on any atom is -0.377 e. The van der Waals surface area contributed by atoms with Crippen LogP contribution in [0.4, 0.5) is 5.82 Å². The number of nitrogens with one attached hydrogen (secondary N) is 1. The number of hydrogen-bond acceptors (Lipinski definition) is 5. The molecule has 0 atom stereocenters. The van der Waals surface area contributed by atoms with E-state index in [0.717, 1.165) is 41.3 Å². The highest BCUT2D eigenvalue weighted by molar-refractivity contribution is 7.99. The average molecular weight is 359 g/mol. The molecule has 0 bridgehead atoms. The number of nitrogens with zero attached hydrogens (tertiary/aromatic N) is 2. The Bertz CT molecular complexity index is 730. The van der Waals surface area contributed by atoms with Crippen LogP contribution in [0.1, 0.15) is 24.2 Å². The summed E-state index contributed by atoms with van der Waals surface area (Å²) in [5.41, 5.74) is 1.55. The number of hydrogen-bond donors (Lipinski definition) is 1. The lowest BCUT2D eigenvalue weighted by Crippen LogP contribution is -2.34. The summed E-state index contributed by atoms with van der Waals surface area (Å²) in [6.45, 7) is 6.94. The van der Waals surface area contributed by atoms with E-state index in [0.29, 0.717) is 18.7 Å². The standard InChI is InChI=1S/C19H25N3O2S/c1-14(2)24-10-7-20-19(23)16-13-18(22-8-11-25-12-9-22)21-17-6-4-3-5-15(16)17/h3-6,13-14H,7-12H2,1-2H3,(H,20,23). The maximum atomic E-state index is 12.7. The predicted octanol–water partition coefficient (Wildman–Crippen LogP) is 2.94. The number of thioether (sulfide) groups is 1. The quantitative estimate of drug-likeness (QED) is 0.804. The number of carbonyl (C=O) groups is 1. The summed E-state index contributed by atoms with van der Waals surface area (Å²) < 4.78 is 5.50. The van der Waals surface area contributed by atoms with Gasteiger partial charge in [-0.2, -0.15) is 11.8 Å². The normalized spacial score (nSPS) is 14.9. The van der Waals surface area contributed by atoms with Crippen molar-refractivity contribution >= 4 is 34.4 Å². The second-order valence-corrected chi connectivity index (χ2v) is 7.54. The van der Waals surface area contributed by atoms with Gasteiger partial charge in [0, 0.05) is 36.5 Å². The molecule has 6 heteroatoms. The number of pyridine rings is 1. The van der Waals surface area contributed by atoms with Crippen molar-refractivity contribution in [1.82, 2.24) is 10.3 Å². The van der Waals surface area contributed by atoms with Crippen molar-refractivity contribution in [3.05, 3.63) is 35.9 Å². The first-order valence-electron chi connectivity index (χ1n) is 8.77. The lowest BCUT2D eigenvalue weighted by molar-refractivity contribution is 0.0747. The van der Waals surface area contributed by atoms with Gasteiger partial charge in [0.2, 0.25) is 0 Å². The fourth-order valence-corrected chi connectivity index (χ4v) is 3.76. The third-order valence-corrected chi connectivity index (χ3v) is 5.06. The van der Waals surface area contributed by atoms with E-state index in [1.807, 2.05) is 55.9 Å². The molecular formula is C19H25N3O2S. The Morgan fingerprint density at radius 1 is 1.32 bits per heavy atom. The summed E-state index contributed by atoms with van der Waals surface area (Å²) >= 11 is 1.96. The molecule has 0 saturated carbocycles. The number of amides is 1. The van der Waals surface area contributed by atoms with Gasteiger partial charge in [-0.25, -0.2) is 4.98 Å². The molecule has 25 heavy (non-hydrogen) atoms. The van der Waals surface area contributed by atoms with Crippen LogP contribution in [0.2, 0.25) is 0 Å². The fourth-order valence-electron chi connectivity index (χ4n) is 2.86. The van der Waals surface area contributed by atoms with Crippen LogP contribution in [0.5, 0.6) is 0 Å². The van der Waals surface area contributed by atoms with Gasteiger partial charge in [0.1, 0.15) is 5.82 Å². The Labute approximate surface area is 153 Å². The summed E-state index contributed by atoms with van der Waals surface area (Å²) in [4.78, 5) is 19.8. The molecule has 2 aromatic rings. The SMILES string of the molecule is CC(C)OCCNC(=O)c1cc(N2CCSCC2)nc2ccccc12. The van der Waals surface area contributed by atoms with Crippen LogP contribution in [0.15, 0.2) is 30.3 Å². The molecule has 2 heterocycles. The number of rotatable bonds is 6. The van der Waals surface area contributed by atoms with Gasteiger partial charge in [0.15, 0.2) is 0 Å². The molecule has 0 unspecified atom stereocenters. The van der Waals surface area contributed by atoms with Gasteiger partial charge in [-0.1, -0.05) is 18.2 Å². The zero-order valence-corrected chi connectivity index (χ0v) is 15.6. The highest BCUT2D eigenvalue weighted by Gasteiger charge is 2.17. The first-order valence-corrected chi connectivity index (χ1v) is 9.93. The predicted molar refractivity (Wildman–Crippen MR) is 105 cm³/mol. The van der Waals surface area contributed by atoms with Crippen molar-refractivity contribution in [3.8, 4) is 0 Å². The Balaban J connectivity index is 1.83. The third-order valence-electron chi connectivity index (χ3n) is 4.12. The summed E-state index contributed by atoms with van der Waals surface area (Å²) in [6, 6.07) is 9.76. The number of anilines is 1. The van der Waals surface area contributed by atoms with Gasteiger partial charge < -0.3 is 15.0 Å². The molecule has 134 valence electrons. The number of carbonyl (C=O) groups excluding carboxylic acids is 1. The van der Waals surface area contributed by atoms with E-state index in [1.54, 1.807) is 0 Å². The zero-order chi connectivity index (χ0) is 17.6.